The molecule has 3 heteroatoms. The Morgan fingerprint density at radius 3 is 2.42 bits per heavy atom. The lowest BCUT2D eigenvalue weighted by molar-refractivity contribution is -0.141. The fraction of sp³-hybridized carbons (Fsp3) is 0.952. The zero-order chi connectivity index (χ0) is 17.8. The van der Waals surface area contributed by atoms with Crippen LogP contribution in [0.2, 0.25) is 0 Å². The molecule has 24 heavy (non-hydrogen) atoms. The van der Waals surface area contributed by atoms with Gasteiger partial charge in [-0.3, -0.25) is 4.79 Å². The van der Waals surface area contributed by atoms with Gasteiger partial charge in [0.15, 0.2) is 0 Å². The first-order chi connectivity index (χ1) is 11.2. The fourth-order valence-corrected chi connectivity index (χ4v) is 8.08. The Labute approximate surface area is 147 Å². The number of rotatable bonds is 5. The van der Waals surface area contributed by atoms with Crippen LogP contribution in [-0.4, -0.2) is 26.3 Å². The summed E-state index contributed by atoms with van der Waals surface area (Å²) in [6.07, 6.45) is 9.37. The molecule has 3 aliphatic carbocycles. The molecule has 0 saturated heterocycles. The molecule has 3 aliphatic rings. The summed E-state index contributed by atoms with van der Waals surface area (Å²) in [7, 11) is 3.41. The molecule has 0 amide bonds. The van der Waals surface area contributed by atoms with Crippen molar-refractivity contribution in [1.29, 1.82) is 0 Å². The van der Waals surface area contributed by atoms with Crippen molar-refractivity contribution in [3.8, 4) is 0 Å². The third-order valence-corrected chi connectivity index (χ3v) is 8.41. The average Bonchev–Trinajstić information content (AvgIpc) is 3.03. The van der Waals surface area contributed by atoms with E-state index >= 15 is 0 Å². The van der Waals surface area contributed by atoms with E-state index in [2.05, 4.69) is 27.7 Å². The first-order valence-corrected chi connectivity index (χ1v) is 9.76. The van der Waals surface area contributed by atoms with Gasteiger partial charge in [-0.15, -0.1) is 0 Å². The van der Waals surface area contributed by atoms with Gasteiger partial charge in [-0.05, 0) is 67.1 Å². The van der Waals surface area contributed by atoms with E-state index in [1.807, 2.05) is 7.11 Å². The number of carbonyl (C=O) groups is 1. The predicted molar refractivity (Wildman–Crippen MR) is 95.7 cm³/mol. The molecule has 1 spiro atoms. The molecule has 3 saturated carbocycles. The SMILES string of the molecule is COC(=O)CCC[C@@]1(C)CC[C@@H]2C(C)(C)C[C@@]3(C)CCC(OC)C213. The van der Waals surface area contributed by atoms with Gasteiger partial charge in [0.05, 0.1) is 13.2 Å². The molecule has 3 nitrogen and oxygen atoms in total. The topological polar surface area (TPSA) is 35.5 Å². The third kappa shape index (κ3) is 2.15. The Morgan fingerprint density at radius 1 is 1.08 bits per heavy atom. The minimum Gasteiger partial charge on any atom is -0.469 e. The van der Waals surface area contributed by atoms with Crippen molar-refractivity contribution < 1.29 is 14.3 Å². The highest BCUT2D eigenvalue weighted by Gasteiger charge is 2.77. The van der Waals surface area contributed by atoms with Gasteiger partial charge in [0.2, 0.25) is 0 Å². The quantitative estimate of drug-likeness (QED) is 0.664. The monoisotopic (exact) mass is 336 g/mol. The van der Waals surface area contributed by atoms with E-state index in [1.54, 1.807) is 0 Å². The molecule has 138 valence electrons. The molecule has 3 rings (SSSR count). The van der Waals surface area contributed by atoms with Crippen LogP contribution >= 0.6 is 0 Å². The summed E-state index contributed by atoms with van der Waals surface area (Å²) < 4.78 is 11.0. The zero-order valence-corrected chi connectivity index (χ0v) is 16.5. The van der Waals surface area contributed by atoms with Crippen LogP contribution in [0.3, 0.4) is 0 Å². The average molecular weight is 337 g/mol. The Hall–Kier alpha value is -0.570. The molecular formula is C21H36O3. The number of esters is 1. The highest BCUT2D eigenvalue weighted by Crippen LogP contribution is 2.82. The van der Waals surface area contributed by atoms with Gasteiger partial charge >= 0.3 is 5.97 Å². The van der Waals surface area contributed by atoms with Crippen LogP contribution in [0, 0.1) is 27.6 Å². The Kier molecular flexibility index (Phi) is 4.35. The number of methoxy groups -OCH3 is 2. The van der Waals surface area contributed by atoms with E-state index in [0.29, 0.717) is 23.4 Å². The van der Waals surface area contributed by atoms with Crippen molar-refractivity contribution in [2.24, 2.45) is 27.6 Å². The Morgan fingerprint density at radius 2 is 1.79 bits per heavy atom. The molecular weight excluding hydrogens is 300 g/mol. The van der Waals surface area contributed by atoms with Gasteiger partial charge in [0.25, 0.3) is 0 Å². The largest absolute Gasteiger partial charge is 0.469 e. The molecule has 0 aromatic rings. The summed E-state index contributed by atoms with van der Waals surface area (Å²) in [6.45, 7) is 10.0. The molecule has 0 radical (unpaired) electrons. The van der Waals surface area contributed by atoms with Crippen LogP contribution < -0.4 is 0 Å². The second-order valence-corrected chi connectivity index (χ2v) is 9.94. The number of hydrogen-bond donors (Lipinski definition) is 0. The van der Waals surface area contributed by atoms with E-state index < -0.39 is 0 Å². The van der Waals surface area contributed by atoms with Crippen LogP contribution in [0.1, 0.15) is 79.1 Å². The third-order valence-electron chi connectivity index (χ3n) is 8.41. The van der Waals surface area contributed by atoms with Gasteiger partial charge in [-0.1, -0.05) is 27.7 Å². The highest BCUT2D eigenvalue weighted by atomic mass is 16.5. The molecule has 5 atom stereocenters. The van der Waals surface area contributed by atoms with Gasteiger partial charge in [-0.2, -0.15) is 0 Å². The van der Waals surface area contributed by atoms with Crippen molar-refractivity contribution in [2.75, 3.05) is 14.2 Å². The normalized spacial score (nSPS) is 45.9. The molecule has 0 N–H and O–H groups in total. The predicted octanol–water partition coefficient (Wildman–Crippen LogP) is 4.98. The van der Waals surface area contributed by atoms with Crippen molar-refractivity contribution in [3.05, 3.63) is 0 Å². The second-order valence-electron chi connectivity index (χ2n) is 9.94. The molecule has 0 aliphatic heterocycles. The minimum atomic E-state index is -0.0742. The number of ether oxygens (including phenoxy) is 2. The maximum Gasteiger partial charge on any atom is 0.305 e. The van der Waals surface area contributed by atoms with Crippen molar-refractivity contribution in [1.82, 2.24) is 0 Å². The van der Waals surface area contributed by atoms with Crippen LogP contribution in [0.4, 0.5) is 0 Å². The number of hydrogen-bond acceptors (Lipinski definition) is 3. The van der Waals surface area contributed by atoms with Gasteiger partial charge in [-0.25, -0.2) is 0 Å². The van der Waals surface area contributed by atoms with E-state index in [0.717, 1.165) is 18.8 Å². The first-order valence-electron chi connectivity index (χ1n) is 9.76. The summed E-state index contributed by atoms with van der Waals surface area (Å²) >= 11 is 0. The minimum absolute atomic E-state index is 0.0742. The van der Waals surface area contributed by atoms with Gasteiger partial charge in [0.1, 0.15) is 0 Å². The fourth-order valence-electron chi connectivity index (χ4n) is 8.08. The van der Waals surface area contributed by atoms with Crippen LogP contribution in [0.25, 0.3) is 0 Å². The maximum absolute atomic E-state index is 11.6. The Bertz CT molecular complexity index is 513. The van der Waals surface area contributed by atoms with E-state index in [1.165, 1.54) is 39.2 Å². The zero-order valence-electron chi connectivity index (χ0n) is 16.5. The van der Waals surface area contributed by atoms with Crippen molar-refractivity contribution in [2.45, 2.75) is 85.2 Å². The molecule has 3 fully saturated rings. The van der Waals surface area contributed by atoms with E-state index in [9.17, 15) is 4.79 Å². The van der Waals surface area contributed by atoms with Crippen molar-refractivity contribution in [3.63, 3.8) is 0 Å². The molecule has 2 unspecified atom stereocenters. The molecule has 0 aromatic heterocycles. The first kappa shape index (κ1) is 18.2. The lowest BCUT2D eigenvalue weighted by Crippen LogP contribution is -2.52. The summed E-state index contributed by atoms with van der Waals surface area (Å²) in [5, 5.41) is 0. The molecule has 0 bridgehead atoms. The Balaban J connectivity index is 1.95. The second kappa shape index (κ2) is 5.72. The molecule has 0 aromatic carbocycles. The van der Waals surface area contributed by atoms with Gasteiger partial charge in [0, 0.05) is 18.9 Å². The van der Waals surface area contributed by atoms with Crippen molar-refractivity contribution >= 4 is 5.97 Å². The summed E-state index contributed by atoms with van der Waals surface area (Å²) in [5.74, 6) is 0.667. The van der Waals surface area contributed by atoms with E-state index in [4.69, 9.17) is 9.47 Å². The molecule has 0 heterocycles. The standard InChI is InChI=1S/C21H36O3/c1-18(2)14-20(4)13-10-16(23-5)21(20)15(18)9-12-19(21,3)11-7-8-17(22)24-6/h15-16H,7-14H2,1-6H3/t15-,16?,19+,20-,21?/m1/s1. The lowest BCUT2D eigenvalue weighted by Gasteiger charge is -2.53. The van der Waals surface area contributed by atoms with Crippen LogP contribution in [0.5, 0.6) is 0 Å². The number of carbonyl (C=O) groups excluding carboxylic acids is 1. The maximum atomic E-state index is 11.6. The summed E-state index contributed by atoms with van der Waals surface area (Å²) in [5.41, 5.74) is 1.31. The summed E-state index contributed by atoms with van der Waals surface area (Å²) in [4.78, 5) is 11.6. The lowest BCUT2D eigenvalue weighted by atomic mass is 9.52. The van der Waals surface area contributed by atoms with Crippen LogP contribution in [0.15, 0.2) is 0 Å². The van der Waals surface area contributed by atoms with E-state index in [-0.39, 0.29) is 16.8 Å². The van der Waals surface area contributed by atoms with Crippen LogP contribution in [-0.2, 0) is 14.3 Å². The highest BCUT2D eigenvalue weighted by molar-refractivity contribution is 5.69. The summed E-state index contributed by atoms with van der Waals surface area (Å²) in [6, 6.07) is 0. The van der Waals surface area contributed by atoms with Gasteiger partial charge < -0.3 is 9.47 Å². The smallest absolute Gasteiger partial charge is 0.305 e.